The van der Waals surface area contributed by atoms with E-state index < -0.39 is 5.82 Å². The first-order chi connectivity index (χ1) is 7.66. The van der Waals surface area contributed by atoms with Crippen LogP contribution in [0.2, 0.25) is 0 Å². The topological polar surface area (TPSA) is 61.4 Å². The lowest BCUT2D eigenvalue weighted by Crippen LogP contribution is -2.36. The minimum Gasteiger partial charge on any atom is -0.507 e. The molecule has 1 fully saturated rings. The molecule has 5 heteroatoms. The van der Waals surface area contributed by atoms with Crippen LogP contribution in [0.25, 0.3) is 0 Å². The molecule has 0 bridgehead atoms. The van der Waals surface area contributed by atoms with E-state index in [0.717, 1.165) is 31.6 Å². The Kier molecular flexibility index (Phi) is 3.05. The third-order valence-corrected chi connectivity index (χ3v) is 2.60. The van der Waals surface area contributed by atoms with E-state index in [-0.39, 0.29) is 23.3 Å². The number of phenols is 1. The highest BCUT2D eigenvalue weighted by Gasteiger charge is 2.19. The second kappa shape index (κ2) is 4.49. The Labute approximate surface area is 92.5 Å². The Morgan fingerprint density at radius 2 is 2.38 bits per heavy atom. The van der Waals surface area contributed by atoms with Crippen LogP contribution >= 0.6 is 0 Å². The van der Waals surface area contributed by atoms with Gasteiger partial charge in [-0.2, -0.15) is 0 Å². The van der Waals surface area contributed by atoms with Crippen LogP contribution in [0.5, 0.6) is 5.75 Å². The number of benzene rings is 1. The third-order valence-electron chi connectivity index (χ3n) is 2.60. The SMILES string of the molecule is O=C(NC1CCNC1)c1ccc(F)cc1O. The van der Waals surface area contributed by atoms with Gasteiger partial charge < -0.3 is 15.7 Å². The predicted octanol–water partition coefficient (Wildman–Crippen LogP) is 0.623. The Morgan fingerprint density at radius 3 is 3.00 bits per heavy atom. The van der Waals surface area contributed by atoms with Crippen molar-refractivity contribution in [2.75, 3.05) is 13.1 Å². The summed E-state index contributed by atoms with van der Waals surface area (Å²) in [5.41, 5.74) is 0.105. The van der Waals surface area contributed by atoms with Gasteiger partial charge in [0.05, 0.1) is 5.56 Å². The van der Waals surface area contributed by atoms with E-state index >= 15 is 0 Å². The summed E-state index contributed by atoms with van der Waals surface area (Å²) in [6.07, 6.45) is 0.869. The Hall–Kier alpha value is -1.62. The smallest absolute Gasteiger partial charge is 0.255 e. The zero-order valence-electron chi connectivity index (χ0n) is 8.66. The van der Waals surface area contributed by atoms with Gasteiger partial charge in [0.2, 0.25) is 0 Å². The van der Waals surface area contributed by atoms with Gasteiger partial charge in [-0.1, -0.05) is 0 Å². The van der Waals surface area contributed by atoms with Gasteiger partial charge in [0.15, 0.2) is 0 Å². The molecule has 1 aromatic carbocycles. The summed E-state index contributed by atoms with van der Waals surface area (Å²) < 4.78 is 12.7. The van der Waals surface area contributed by atoms with E-state index in [1.54, 1.807) is 0 Å². The van der Waals surface area contributed by atoms with Crippen LogP contribution in [0.15, 0.2) is 18.2 Å². The number of amides is 1. The number of nitrogens with one attached hydrogen (secondary N) is 2. The Balaban J connectivity index is 2.08. The fraction of sp³-hybridized carbons (Fsp3) is 0.364. The lowest BCUT2D eigenvalue weighted by Gasteiger charge is -2.11. The third kappa shape index (κ3) is 2.30. The fourth-order valence-corrected chi connectivity index (χ4v) is 1.74. The molecule has 0 radical (unpaired) electrons. The van der Waals surface area contributed by atoms with Crippen molar-refractivity contribution >= 4 is 5.91 Å². The van der Waals surface area contributed by atoms with Crippen molar-refractivity contribution < 1.29 is 14.3 Å². The minimum atomic E-state index is -0.559. The molecule has 0 aliphatic carbocycles. The van der Waals surface area contributed by atoms with Crippen molar-refractivity contribution in [1.29, 1.82) is 0 Å². The first-order valence-corrected chi connectivity index (χ1v) is 5.17. The van der Waals surface area contributed by atoms with Gasteiger partial charge in [-0.05, 0) is 25.1 Å². The molecule has 1 atom stereocenters. The number of phenolic OH excluding ortho intramolecular Hbond substituents is 1. The Morgan fingerprint density at radius 1 is 1.56 bits per heavy atom. The van der Waals surface area contributed by atoms with Crippen LogP contribution < -0.4 is 10.6 Å². The van der Waals surface area contributed by atoms with E-state index in [4.69, 9.17) is 0 Å². The predicted molar refractivity (Wildman–Crippen MR) is 56.8 cm³/mol. The molecule has 3 N–H and O–H groups in total. The van der Waals surface area contributed by atoms with Crippen molar-refractivity contribution in [2.45, 2.75) is 12.5 Å². The Bertz CT molecular complexity index is 403. The number of aromatic hydroxyl groups is 1. The molecule has 1 unspecified atom stereocenters. The van der Waals surface area contributed by atoms with Crippen LogP contribution in [0.3, 0.4) is 0 Å². The average Bonchev–Trinajstić information content (AvgIpc) is 2.70. The van der Waals surface area contributed by atoms with E-state index in [1.165, 1.54) is 6.07 Å². The maximum atomic E-state index is 12.7. The highest BCUT2D eigenvalue weighted by atomic mass is 19.1. The van der Waals surface area contributed by atoms with Crippen molar-refractivity contribution in [1.82, 2.24) is 10.6 Å². The van der Waals surface area contributed by atoms with Gasteiger partial charge in [-0.3, -0.25) is 4.79 Å². The van der Waals surface area contributed by atoms with Gasteiger partial charge in [-0.15, -0.1) is 0 Å². The van der Waals surface area contributed by atoms with Crippen molar-refractivity contribution in [3.8, 4) is 5.75 Å². The highest BCUT2D eigenvalue weighted by molar-refractivity contribution is 5.96. The molecule has 1 aliphatic heterocycles. The molecule has 0 aromatic heterocycles. The lowest BCUT2D eigenvalue weighted by atomic mass is 10.1. The van der Waals surface area contributed by atoms with Gasteiger partial charge in [-0.25, -0.2) is 4.39 Å². The van der Waals surface area contributed by atoms with Crippen LogP contribution in [0.4, 0.5) is 4.39 Å². The van der Waals surface area contributed by atoms with Gasteiger partial charge in [0.25, 0.3) is 5.91 Å². The van der Waals surface area contributed by atoms with Crippen LogP contribution in [0.1, 0.15) is 16.8 Å². The van der Waals surface area contributed by atoms with Gasteiger partial charge in [0.1, 0.15) is 11.6 Å². The second-order valence-electron chi connectivity index (χ2n) is 3.82. The van der Waals surface area contributed by atoms with E-state index in [2.05, 4.69) is 10.6 Å². The molecule has 16 heavy (non-hydrogen) atoms. The summed E-state index contributed by atoms with van der Waals surface area (Å²) in [6, 6.07) is 3.45. The standard InChI is InChI=1S/C11H13FN2O2/c12-7-1-2-9(10(15)5-7)11(16)14-8-3-4-13-6-8/h1-2,5,8,13,15H,3-4,6H2,(H,14,16). The summed E-state index contributed by atoms with van der Waals surface area (Å²) in [5.74, 6) is -1.26. The normalized spacial score (nSPS) is 19.7. The number of halogens is 1. The first-order valence-electron chi connectivity index (χ1n) is 5.17. The van der Waals surface area contributed by atoms with Gasteiger partial charge >= 0.3 is 0 Å². The molecular weight excluding hydrogens is 211 g/mol. The highest BCUT2D eigenvalue weighted by Crippen LogP contribution is 2.18. The summed E-state index contributed by atoms with van der Waals surface area (Å²) in [7, 11) is 0. The van der Waals surface area contributed by atoms with Crippen molar-refractivity contribution in [2.24, 2.45) is 0 Å². The van der Waals surface area contributed by atoms with Crippen molar-refractivity contribution in [3.63, 3.8) is 0 Å². The van der Waals surface area contributed by atoms with E-state index in [1.807, 2.05) is 0 Å². The lowest BCUT2D eigenvalue weighted by molar-refractivity contribution is 0.0937. The monoisotopic (exact) mass is 224 g/mol. The molecule has 2 rings (SSSR count). The summed E-state index contributed by atoms with van der Waals surface area (Å²) in [6.45, 7) is 1.61. The fourth-order valence-electron chi connectivity index (χ4n) is 1.74. The molecule has 0 saturated carbocycles. The summed E-state index contributed by atoms with van der Waals surface area (Å²) in [4.78, 5) is 11.7. The molecule has 86 valence electrons. The maximum Gasteiger partial charge on any atom is 0.255 e. The number of carbonyl (C=O) groups is 1. The summed E-state index contributed by atoms with van der Waals surface area (Å²) >= 11 is 0. The largest absolute Gasteiger partial charge is 0.507 e. The zero-order valence-corrected chi connectivity index (χ0v) is 8.66. The number of hydrogen-bond acceptors (Lipinski definition) is 3. The minimum absolute atomic E-state index is 0.0805. The molecule has 1 aliphatic rings. The molecule has 0 spiro atoms. The van der Waals surface area contributed by atoms with E-state index in [0.29, 0.717) is 0 Å². The van der Waals surface area contributed by atoms with Gasteiger partial charge in [0, 0.05) is 18.7 Å². The number of hydrogen-bond donors (Lipinski definition) is 3. The first kappa shape index (κ1) is 10.9. The van der Waals surface area contributed by atoms with E-state index in [9.17, 15) is 14.3 Å². The second-order valence-corrected chi connectivity index (χ2v) is 3.82. The molecular formula is C11H13FN2O2. The molecule has 1 saturated heterocycles. The van der Waals surface area contributed by atoms with Crippen LogP contribution in [0, 0.1) is 5.82 Å². The number of rotatable bonds is 2. The average molecular weight is 224 g/mol. The molecule has 1 aromatic rings. The molecule has 4 nitrogen and oxygen atoms in total. The van der Waals surface area contributed by atoms with Crippen LogP contribution in [-0.4, -0.2) is 30.1 Å². The van der Waals surface area contributed by atoms with Crippen molar-refractivity contribution in [3.05, 3.63) is 29.6 Å². The summed E-state index contributed by atoms with van der Waals surface area (Å²) in [5, 5.41) is 15.3. The van der Waals surface area contributed by atoms with Crippen LogP contribution in [-0.2, 0) is 0 Å². The zero-order chi connectivity index (χ0) is 11.5. The molecule has 1 heterocycles. The molecule has 1 amide bonds. The quantitative estimate of drug-likeness (QED) is 0.690. The maximum absolute atomic E-state index is 12.7. The number of carbonyl (C=O) groups excluding carboxylic acids is 1.